The Morgan fingerprint density at radius 3 is 2.87 bits per heavy atom. The highest BCUT2D eigenvalue weighted by molar-refractivity contribution is 7.99. The van der Waals surface area contributed by atoms with Crippen molar-refractivity contribution in [3.05, 3.63) is 5.89 Å². The molecule has 84 valence electrons. The largest absolute Gasteiger partial charge is 0.402 e. The van der Waals surface area contributed by atoms with Crippen molar-refractivity contribution in [2.45, 2.75) is 12.8 Å². The van der Waals surface area contributed by atoms with Crippen LogP contribution in [0.1, 0.15) is 18.7 Å². The van der Waals surface area contributed by atoms with E-state index in [1.807, 2.05) is 16.7 Å². The Labute approximate surface area is 90.0 Å². The number of aromatic nitrogens is 2. The van der Waals surface area contributed by atoms with E-state index in [0.29, 0.717) is 0 Å². The summed E-state index contributed by atoms with van der Waals surface area (Å²) in [5.41, 5.74) is 0. The maximum absolute atomic E-state index is 12.2. The number of nitrogens with zero attached hydrogens (tertiary/aromatic N) is 3. The highest BCUT2D eigenvalue weighted by Crippen LogP contribution is 2.22. The predicted octanol–water partition coefficient (Wildman–Crippen LogP) is 1.95. The highest BCUT2D eigenvalue weighted by atomic mass is 32.2. The summed E-state index contributed by atoms with van der Waals surface area (Å²) < 4.78 is 29.3. The molecule has 2 heterocycles. The van der Waals surface area contributed by atoms with Gasteiger partial charge in [0.15, 0.2) is 0 Å². The van der Waals surface area contributed by atoms with Gasteiger partial charge in [0.05, 0.1) is 0 Å². The minimum Gasteiger partial charge on any atom is -0.402 e. The molecule has 1 aromatic rings. The summed E-state index contributed by atoms with van der Waals surface area (Å²) in [4.78, 5) is 1.86. The van der Waals surface area contributed by atoms with Gasteiger partial charge >= 0.3 is 12.4 Å². The third kappa shape index (κ3) is 2.58. The third-order valence-corrected chi connectivity index (χ3v) is 3.16. The Morgan fingerprint density at radius 1 is 1.27 bits per heavy atom. The first-order valence-corrected chi connectivity index (χ1v) is 5.87. The van der Waals surface area contributed by atoms with E-state index < -0.39 is 12.3 Å². The van der Waals surface area contributed by atoms with E-state index in [-0.39, 0.29) is 6.01 Å². The molecule has 0 saturated carbocycles. The zero-order chi connectivity index (χ0) is 10.7. The van der Waals surface area contributed by atoms with Gasteiger partial charge in [0.2, 0.25) is 0 Å². The topological polar surface area (TPSA) is 42.2 Å². The van der Waals surface area contributed by atoms with Crippen LogP contribution >= 0.6 is 11.8 Å². The molecule has 1 fully saturated rings. The van der Waals surface area contributed by atoms with Gasteiger partial charge < -0.3 is 9.32 Å². The van der Waals surface area contributed by atoms with E-state index in [4.69, 9.17) is 4.42 Å². The molecule has 1 saturated heterocycles. The molecule has 1 aliphatic rings. The summed E-state index contributed by atoms with van der Waals surface area (Å²) in [6, 6.07) is 0.216. The van der Waals surface area contributed by atoms with Crippen LogP contribution in [0.3, 0.4) is 0 Å². The number of rotatable bonds is 2. The van der Waals surface area contributed by atoms with Gasteiger partial charge in [-0.05, 0) is 12.2 Å². The van der Waals surface area contributed by atoms with Gasteiger partial charge in [0.1, 0.15) is 0 Å². The molecule has 0 aliphatic carbocycles. The molecule has 0 radical (unpaired) electrons. The van der Waals surface area contributed by atoms with Gasteiger partial charge in [-0.2, -0.15) is 20.5 Å². The van der Waals surface area contributed by atoms with Gasteiger partial charge in [-0.3, -0.25) is 0 Å². The molecule has 1 aromatic heterocycles. The lowest BCUT2D eigenvalue weighted by molar-refractivity contribution is 0.115. The van der Waals surface area contributed by atoms with Crippen molar-refractivity contribution in [1.82, 2.24) is 10.2 Å². The lowest BCUT2D eigenvalue weighted by Crippen LogP contribution is -2.25. The Balaban J connectivity index is 2.06. The Bertz CT molecular complexity index is 313. The van der Waals surface area contributed by atoms with Crippen molar-refractivity contribution in [1.29, 1.82) is 0 Å². The maximum atomic E-state index is 12.2. The van der Waals surface area contributed by atoms with Crippen LogP contribution in [-0.4, -0.2) is 34.8 Å². The lowest BCUT2D eigenvalue weighted by Gasteiger charge is -2.15. The number of thioether (sulfide) groups is 1. The second-order valence-electron chi connectivity index (χ2n) is 3.18. The van der Waals surface area contributed by atoms with E-state index in [1.165, 1.54) is 0 Å². The summed E-state index contributed by atoms with van der Waals surface area (Å²) in [5.74, 6) is 1.46. The van der Waals surface area contributed by atoms with Gasteiger partial charge in [-0.1, -0.05) is 5.10 Å². The first-order valence-electron chi connectivity index (χ1n) is 4.71. The van der Waals surface area contributed by atoms with Gasteiger partial charge in [0, 0.05) is 18.8 Å². The standard InChI is InChI=1S/C8H11F2N3OS/c9-6(10)7-11-12-8(14-7)13-2-1-4-15-5-3-13/h6H,1-5H2. The summed E-state index contributed by atoms with van der Waals surface area (Å²) in [6.07, 6.45) is -1.68. The summed E-state index contributed by atoms with van der Waals surface area (Å²) >= 11 is 1.85. The normalized spacial score (nSPS) is 18.2. The zero-order valence-corrected chi connectivity index (χ0v) is 8.84. The smallest absolute Gasteiger partial charge is 0.318 e. The number of halogens is 2. The van der Waals surface area contributed by atoms with E-state index in [2.05, 4.69) is 10.2 Å². The molecule has 7 heteroatoms. The minimum atomic E-state index is -2.69. The van der Waals surface area contributed by atoms with E-state index in [1.54, 1.807) is 0 Å². The summed E-state index contributed by atoms with van der Waals surface area (Å²) in [7, 11) is 0. The zero-order valence-electron chi connectivity index (χ0n) is 8.03. The van der Waals surface area contributed by atoms with E-state index in [0.717, 1.165) is 31.0 Å². The van der Waals surface area contributed by atoms with Crippen molar-refractivity contribution in [2.24, 2.45) is 0 Å². The lowest BCUT2D eigenvalue weighted by atomic mass is 10.4. The fraction of sp³-hybridized carbons (Fsp3) is 0.750. The molecule has 0 amide bonds. The van der Waals surface area contributed by atoms with Gasteiger partial charge in [0.25, 0.3) is 5.89 Å². The highest BCUT2D eigenvalue weighted by Gasteiger charge is 2.20. The van der Waals surface area contributed by atoms with Crippen LogP contribution in [0.2, 0.25) is 0 Å². The second-order valence-corrected chi connectivity index (χ2v) is 4.40. The van der Waals surface area contributed by atoms with Crippen LogP contribution in [0, 0.1) is 0 Å². The maximum Gasteiger partial charge on any atom is 0.318 e. The van der Waals surface area contributed by atoms with Crippen molar-refractivity contribution < 1.29 is 13.2 Å². The van der Waals surface area contributed by atoms with E-state index >= 15 is 0 Å². The molecule has 1 aliphatic heterocycles. The van der Waals surface area contributed by atoms with Gasteiger partial charge in [-0.15, -0.1) is 5.10 Å². The molecule has 0 aromatic carbocycles. The van der Waals surface area contributed by atoms with Crippen LogP contribution in [-0.2, 0) is 0 Å². The van der Waals surface area contributed by atoms with E-state index in [9.17, 15) is 8.78 Å². The molecule has 0 N–H and O–H groups in total. The second kappa shape index (κ2) is 4.78. The number of anilines is 1. The molecule has 15 heavy (non-hydrogen) atoms. The molecule has 4 nitrogen and oxygen atoms in total. The Morgan fingerprint density at radius 2 is 2.13 bits per heavy atom. The molecule has 0 bridgehead atoms. The monoisotopic (exact) mass is 235 g/mol. The molecule has 0 spiro atoms. The summed E-state index contributed by atoms with van der Waals surface area (Å²) in [6.45, 7) is 1.56. The van der Waals surface area contributed by atoms with Crippen molar-refractivity contribution >= 4 is 17.8 Å². The SMILES string of the molecule is FC(F)c1nnc(N2CCCSCC2)o1. The molecule has 0 unspecified atom stereocenters. The Hall–Kier alpha value is -0.850. The Kier molecular flexibility index (Phi) is 3.40. The molecular weight excluding hydrogens is 224 g/mol. The predicted molar refractivity (Wildman–Crippen MR) is 53.4 cm³/mol. The first kappa shape index (κ1) is 10.7. The average molecular weight is 235 g/mol. The van der Waals surface area contributed by atoms with Crippen LogP contribution < -0.4 is 4.90 Å². The third-order valence-electron chi connectivity index (χ3n) is 2.11. The average Bonchev–Trinajstić information content (AvgIpc) is 2.55. The summed E-state index contributed by atoms with van der Waals surface area (Å²) in [5, 5.41) is 6.93. The molecular formula is C8H11F2N3OS. The molecule has 2 rings (SSSR count). The van der Waals surface area contributed by atoms with Gasteiger partial charge in [-0.25, -0.2) is 0 Å². The van der Waals surface area contributed by atoms with Crippen LogP contribution in [0.25, 0.3) is 0 Å². The van der Waals surface area contributed by atoms with Crippen molar-refractivity contribution in [3.8, 4) is 0 Å². The van der Waals surface area contributed by atoms with Crippen LogP contribution in [0.4, 0.5) is 14.8 Å². The minimum absolute atomic E-state index is 0.216. The number of alkyl halides is 2. The fourth-order valence-corrected chi connectivity index (χ4v) is 2.27. The van der Waals surface area contributed by atoms with Crippen LogP contribution in [0.5, 0.6) is 0 Å². The quantitative estimate of drug-likeness (QED) is 0.783. The fourth-order valence-electron chi connectivity index (χ4n) is 1.38. The number of hydrogen-bond donors (Lipinski definition) is 0. The van der Waals surface area contributed by atoms with Crippen molar-refractivity contribution in [2.75, 3.05) is 29.5 Å². The first-order chi connectivity index (χ1) is 7.27. The van der Waals surface area contributed by atoms with Crippen molar-refractivity contribution in [3.63, 3.8) is 0 Å². The molecule has 0 atom stereocenters. The number of hydrogen-bond acceptors (Lipinski definition) is 5. The van der Waals surface area contributed by atoms with Crippen LogP contribution in [0.15, 0.2) is 4.42 Å².